The summed E-state index contributed by atoms with van der Waals surface area (Å²) in [5.41, 5.74) is 0.561. The molecule has 0 atom stereocenters. The Hall–Kier alpha value is -2.75. The highest BCUT2D eigenvalue weighted by atomic mass is 35.5. The van der Waals surface area contributed by atoms with Gasteiger partial charge in [0.05, 0.1) is 16.7 Å². The van der Waals surface area contributed by atoms with Gasteiger partial charge in [-0.05, 0) is 49.2 Å². The summed E-state index contributed by atoms with van der Waals surface area (Å²) in [5, 5.41) is 4.65. The maximum atomic E-state index is 11.7. The first kappa shape index (κ1) is 21.9. The fraction of sp³-hybridized carbons (Fsp3) is 0.158. The summed E-state index contributed by atoms with van der Waals surface area (Å²) in [7, 11) is -4.38. The van der Waals surface area contributed by atoms with E-state index in [1.54, 1.807) is 18.2 Å². The molecule has 0 spiro atoms. The van der Waals surface area contributed by atoms with Gasteiger partial charge in [0, 0.05) is 29.3 Å². The first-order chi connectivity index (χ1) is 14.3. The number of halogens is 2. The molecular weight excluding hydrogens is 455 g/mol. The zero-order chi connectivity index (χ0) is 21.6. The highest BCUT2D eigenvalue weighted by Crippen LogP contribution is 2.27. The second-order valence-electron chi connectivity index (χ2n) is 5.99. The third kappa shape index (κ3) is 6.38. The van der Waals surface area contributed by atoms with Crippen LogP contribution in [0.1, 0.15) is 12.8 Å². The van der Waals surface area contributed by atoms with Gasteiger partial charge < -0.3 is 13.9 Å². The van der Waals surface area contributed by atoms with Gasteiger partial charge in [-0.3, -0.25) is 4.79 Å². The first-order valence-corrected chi connectivity index (χ1v) is 10.8. The summed E-state index contributed by atoms with van der Waals surface area (Å²) in [6.45, 7) is 0.382. The van der Waals surface area contributed by atoms with Gasteiger partial charge in [-0.25, -0.2) is 4.28 Å². The van der Waals surface area contributed by atoms with Crippen LogP contribution in [0.25, 0.3) is 10.9 Å². The lowest BCUT2D eigenvalue weighted by molar-refractivity contribution is 0.287. The van der Waals surface area contributed by atoms with E-state index in [4.69, 9.17) is 32.1 Å². The van der Waals surface area contributed by atoms with Crippen LogP contribution in [0, 0.1) is 0 Å². The lowest BCUT2D eigenvalue weighted by Crippen LogP contribution is -2.10. The number of oxime groups is 1. The third-order valence-corrected chi connectivity index (χ3v) is 5.14. The first-order valence-electron chi connectivity index (χ1n) is 8.68. The van der Waals surface area contributed by atoms with Crippen molar-refractivity contribution in [2.75, 3.05) is 6.61 Å². The number of aromatic amines is 1. The Morgan fingerprint density at radius 3 is 2.60 bits per heavy atom. The number of pyridine rings is 1. The van der Waals surface area contributed by atoms with Gasteiger partial charge in [-0.2, -0.15) is 0 Å². The van der Waals surface area contributed by atoms with Crippen LogP contribution >= 0.6 is 23.2 Å². The average molecular weight is 471 g/mol. The number of benzene rings is 2. The molecule has 2 aromatic carbocycles. The zero-order valence-electron chi connectivity index (χ0n) is 15.4. The summed E-state index contributed by atoms with van der Waals surface area (Å²) >= 11 is 11.5. The summed E-state index contributed by atoms with van der Waals surface area (Å²) in [6, 6.07) is 12.5. The Morgan fingerprint density at radius 1 is 1.00 bits per heavy atom. The molecule has 0 amide bonds. The van der Waals surface area contributed by atoms with E-state index in [9.17, 15) is 13.2 Å². The molecule has 1 heterocycles. The van der Waals surface area contributed by atoms with Gasteiger partial charge in [0.25, 0.3) is 0 Å². The lowest BCUT2D eigenvalue weighted by Gasteiger charge is -2.06. The van der Waals surface area contributed by atoms with Crippen molar-refractivity contribution in [3.8, 4) is 11.5 Å². The second-order valence-corrected chi connectivity index (χ2v) is 7.94. The molecule has 1 N–H and O–H groups in total. The van der Waals surface area contributed by atoms with Crippen LogP contribution in [0.4, 0.5) is 0 Å². The average Bonchev–Trinajstić information content (AvgIpc) is 2.70. The maximum Gasteiger partial charge on any atom is 0.521 e. The molecule has 0 saturated carbocycles. The normalized spacial score (nSPS) is 11.7. The number of rotatable bonds is 9. The van der Waals surface area contributed by atoms with Crippen molar-refractivity contribution >= 4 is 50.7 Å². The molecule has 3 rings (SSSR count). The molecule has 0 unspecified atom stereocenters. The summed E-state index contributed by atoms with van der Waals surface area (Å²) in [5.74, 6) is 0.604. The van der Waals surface area contributed by atoms with Crippen molar-refractivity contribution in [1.29, 1.82) is 0 Å². The number of nitrogens with one attached hydrogen (secondary N) is 1. The van der Waals surface area contributed by atoms with Crippen molar-refractivity contribution in [2.45, 2.75) is 12.8 Å². The van der Waals surface area contributed by atoms with Crippen LogP contribution in [0.5, 0.6) is 11.5 Å². The molecule has 11 heteroatoms. The van der Waals surface area contributed by atoms with Crippen molar-refractivity contribution in [1.82, 2.24) is 4.98 Å². The monoisotopic (exact) mass is 470 g/mol. The molecule has 0 aliphatic heterocycles. The number of H-pyrrole nitrogens is 1. The minimum Gasteiger partial charge on any atom is -0.494 e. The Morgan fingerprint density at radius 2 is 1.80 bits per heavy atom. The van der Waals surface area contributed by atoms with Crippen LogP contribution < -0.4 is 14.5 Å². The molecule has 3 aromatic rings. The molecule has 0 radical (unpaired) electrons. The molecule has 30 heavy (non-hydrogen) atoms. The fourth-order valence-corrected chi connectivity index (χ4v) is 3.21. The highest BCUT2D eigenvalue weighted by Gasteiger charge is 2.15. The van der Waals surface area contributed by atoms with Crippen LogP contribution in [-0.2, 0) is 14.7 Å². The van der Waals surface area contributed by atoms with E-state index in [-0.39, 0.29) is 21.4 Å². The highest BCUT2D eigenvalue weighted by molar-refractivity contribution is 7.82. The predicted molar refractivity (Wildman–Crippen MR) is 115 cm³/mol. The van der Waals surface area contributed by atoms with E-state index in [0.29, 0.717) is 25.2 Å². The van der Waals surface area contributed by atoms with Crippen molar-refractivity contribution in [2.24, 2.45) is 5.16 Å². The number of unbranched alkanes of at least 4 members (excludes halogenated alkanes) is 1. The number of aromatic nitrogens is 1. The van der Waals surface area contributed by atoms with E-state index in [0.717, 1.165) is 10.9 Å². The van der Waals surface area contributed by atoms with Gasteiger partial charge in [0.15, 0.2) is 0 Å². The molecule has 0 fully saturated rings. The van der Waals surface area contributed by atoms with E-state index >= 15 is 0 Å². The molecule has 158 valence electrons. The van der Waals surface area contributed by atoms with E-state index < -0.39 is 10.4 Å². The van der Waals surface area contributed by atoms with Crippen LogP contribution in [0.15, 0.2) is 58.5 Å². The number of hydrogen-bond donors (Lipinski definition) is 1. The Bertz CT molecular complexity index is 1230. The van der Waals surface area contributed by atoms with E-state index in [2.05, 4.69) is 14.4 Å². The van der Waals surface area contributed by atoms with Crippen LogP contribution in [0.3, 0.4) is 0 Å². The second kappa shape index (κ2) is 9.84. The van der Waals surface area contributed by atoms with Crippen molar-refractivity contribution in [3.05, 3.63) is 68.9 Å². The van der Waals surface area contributed by atoms with Gasteiger partial charge in [0.1, 0.15) is 11.5 Å². The summed E-state index contributed by atoms with van der Waals surface area (Å²) in [4.78, 5) is 14.0. The summed E-state index contributed by atoms with van der Waals surface area (Å²) < 4.78 is 38.2. The van der Waals surface area contributed by atoms with E-state index in [1.165, 1.54) is 30.5 Å². The quantitative estimate of drug-likeness (QED) is 0.283. The Labute approximate surface area is 182 Å². The predicted octanol–water partition coefficient (Wildman–Crippen LogP) is 4.32. The smallest absolute Gasteiger partial charge is 0.494 e. The van der Waals surface area contributed by atoms with Crippen molar-refractivity contribution in [3.63, 3.8) is 0 Å². The number of fused-ring (bicyclic) bond motifs is 1. The topological polar surface area (TPSA) is 107 Å². The van der Waals surface area contributed by atoms with Gasteiger partial charge in [-0.15, -0.1) is 8.42 Å². The lowest BCUT2D eigenvalue weighted by atomic mass is 10.2. The molecule has 0 saturated heterocycles. The minimum atomic E-state index is -4.38. The van der Waals surface area contributed by atoms with Gasteiger partial charge in [0.2, 0.25) is 5.56 Å². The van der Waals surface area contributed by atoms with Crippen LogP contribution in [-0.4, -0.2) is 26.2 Å². The molecule has 0 aliphatic rings. The summed E-state index contributed by atoms with van der Waals surface area (Å²) in [6.07, 6.45) is 2.29. The Balaban J connectivity index is 1.41. The molecule has 8 nitrogen and oxygen atoms in total. The molecule has 0 aliphatic carbocycles. The molecule has 0 bridgehead atoms. The SMILES string of the molecule is O=c1ccc2cc(OCCCC=NOS(=O)(=O)Oc3ccc(Cl)c(Cl)c3)ccc2[nH]1. The van der Waals surface area contributed by atoms with Gasteiger partial charge >= 0.3 is 10.4 Å². The third-order valence-electron chi connectivity index (χ3n) is 3.74. The van der Waals surface area contributed by atoms with Gasteiger partial charge in [-0.1, -0.05) is 28.4 Å². The Kier molecular flexibility index (Phi) is 7.20. The van der Waals surface area contributed by atoms with Crippen molar-refractivity contribution < 1.29 is 21.6 Å². The largest absolute Gasteiger partial charge is 0.521 e. The minimum absolute atomic E-state index is 0.0486. The molecule has 1 aromatic heterocycles. The zero-order valence-corrected chi connectivity index (χ0v) is 17.7. The fourth-order valence-electron chi connectivity index (χ4n) is 2.38. The van der Waals surface area contributed by atoms with Crippen LogP contribution in [0.2, 0.25) is 10.0 Å². The number of nitrogens with zero attached hydrogens (tertiary/aromatic N) is 1. The number of ether oxygens (including phenoxy) is 1. The molecular formula is C19H16Cl2N2O6S. The number of hydrogen-bond acceptors (Lipinski definition) is 7. The van der Waals surface area contributed by atoms with E-state index in [1.807, 2.05) is 6.07 Å². The standard InChI is InChI=1S/C19H16Cl2N2O6S/c20-16-6-4-15(12-17(16)21)28-30(25,26)29-22-9-1-2-10-27-14-5-7-18-13(11-14)3-8-19(24)23-18/h3-9,11-12H,1-2,10H2,(H,23,24). The maximum absolute atomic E-state index is 11.7.